The summed E-state index contributed by atoms with van der Waals surface area (Å²) in [6.07, 6.45) is 4.60. The van der Waals surface area contributed by atoms with E-state index in [1.54, 1.807) is 12.1 Å². The standard InChI is InChI=1S/C13H19ClN2O/c1-3-4-5-6-7-15-13(17)11-8-10(2)16-12(14)9-11/h8-9H,3-7H2,1-2H3,(H,15,17). The van der Waals surface area contributed by atoms with Gasteiger partial charge in [0.05, 0.1) is 0 Å². The van der Waals surface area contributed by atoms with E-state index in [1.807, 2.05) is 6.92 Å². The van der Waals surface area contributed by atoms with E-state index >= 15 is 0 Å². The lowest BCUT2D eigenvalue weighted by atomic mass is 10.2. The second-order valence-corrected chi connectivity index (χ2v) is 4.52. The Bertz CT molecular complexity index is 359. The van der Waals surface area contributed by atoms with E-state index in [9.17, 15) is 4.79 Å². The fraction of sp³-hybridized carbons (Fsp3) is 0.538. The molecule has 0 fully saturated rings. The molecule has 0 aliphatic rings. The first-order valence-electron chi connectivity index (χ1n) is 6.06. The van der Waals surface area contributed by atoms with Gasteiger partial charge in [0.1, 0.15) is 5.15 Å². The van der Waals surface area contributed by atoms with Crippen molar-refractivity contribution >= 4 is 17.5 Å². The van der Waals surface area contributed by atoms with Gasteiger partial charge < -0.3 is 5.32 Å². The topological polar surface area (TPSA) is 42.0 Å². The zero-order valence-electron chi connectivity index (χ0n) is 10.4. The molecule has 1 N–H and O–H groups in total. The largest absolute Gasteiger partial charge is 0.352 e. The monoisotopic (exact) mass is 254 g/mol. The summed E-state index contributed by atoms with van der Waals surface area (Å²) in [6, 6.07) is 3.34. The van der Waals surface area contributed by atoms with Gasteiger partial charge in [0.2, 0.25) is 0 Å². The zero-order valence-corrected chi connectivity index (χ0v) is 11.2. The van der Waals surface area contributed by atoms with Crippen molar-refractivity contribution in [2.45, 2.75) is 39.5 Å². The van der Waals surface area contributed by atoms with Gasteiger partial charge in [0.15, 0.2) is 0 Å². The molecule has 0 saturated carbocycles. The summed E-state index contributed by atoms with van der Waals surface area (Å²) in [6.45, 7) is 4.71. The number of aryl methyl sites for hydroxylation is 1. The van der Waals surface area contributed by atoms with Crippen LogP contribution in [0.3, 0.4) is 0 Å². The molecule has 0 aliphatic heterocycles. The van der Waals surface area contributed by atoms with Gasteiger partial charge in [-0.15, -0.1) is 0 Å². The summed E-state index contributed by atoms with van der Waals surface area (Å²) in [5, 5.41) is 3.25. The fourth-order valence-corrected chi connectivity index (χ4v) is 1.87. The van der Waals surface area contributed by atoms with Crippen LogP contribution in [0.4, 0.5) is 0 Å². The third-order valence-corrected chi connectivity index (χ3v) is 2.69. The number of carbonyl (C=O) groups excluding carboxylic acids is 1. The molecule has 0 bridgehead atoms. The molecule has 94 valence electrons. The number of carbonyl (C=O) groups is 1. The Kier molecular flexibility index (Phi) is 5.98. The fourth-order valence-electron chi connectivity index (χ4n) is 1.61. The number of hydrogen-bond donors (Lipinski definition) is 1. The van der Waals surface area contributed by atoms with E-state index < -0.39 is 0 Å². The van der Waals surface area contributed by atoms with Gasteiger partial charge in [-0.05, 0) is 25.5 Å². The van der Waals surface area contributed by atoms with Crippen molar-refractivity contribution in [1.29, 1.82) is 0 Å². The molecular formula is C13H19ClN2O. The van der Waals surface area contributed by atoms with Crippen LogP contribution in [0.15, 0.2) is 12.1 Å². The first-order chi connectivity index (χ1) is 8.13. The molecule has 3 nitrogen and oxygen atoms in total. The van der Waals surface area contributed by atoms with Crippen LogP contribution in [-0.2, 0) is 0 Å². The number of hydrogen-bond acceptors (Lipinski definition) is 2. The van der Waals surface area contributed by atoms with E-state index in [4.69, 9.17) is 11.6 Å². The highest BCUT2D eigenvalue weighted by Crippen LogP contribution is 2.10. The van der Waals surface area contributed by atoms with Crippen molar-refractivity contribution in [3.63, 3.8) is 0 Å². The van der Waals surface area contributed by atoms with Crippen molar-refractivity contribution in [2.75, 3.05) is 6.54 Å². The molecule has 0 atom stereocenters. The van der Waals surface area contributed by atoms with Gasteiger partial charge in [-0.2, -0.15) is 0 Å². The lowest BCUT2D eigenvalue weighted by Gasteiger charge is -2.06. The summed E-state index contributed by atoms with van der Waals surface area (Å²) in [5.41, 5.74) is 1.34. The minimum absolute atomic E-state index is 0.0751. The van der Waals surface area contributed by atoms with Crippen molar-refractivity contribution in [1.82, 2.24) is 10.3 Å². The maximum Gasteiger partial charge on any atom is 0.251 e. The highest BCUT2D eigenvalue weighted by molar-refractivity contribution is 6.29. The summed E-state index contributed by atoms with van der Waals surface area (Å²) >= 11 is 5.81. The molecule has 4 heteroatoms. The Labute approximate surface area is 108 Å². The summed E-state index contributed by atoms with van der Waals surface area (Å²) in [4.78, 5) is 15.8. The third kappa shape index (κ3) is 5.18. The van der Waals surface area contributed by atoms with Gasteiger partial charge in [-0.3, -0.25) is 4.79 Å². The van der Waals surface area contributed by atoms with Crippen molar-refractivity contribution in [3.8, 4) is 0 Å². The molecule has 1 aromatic rings. The predicted molar refractivity (Wildman–Crippen MR) is 70.5 cm³/mol. The maximum absolute atomic E-state index is 11.8. The number of nitrogens with zero attached hydrogens (tertiary/aromatic N) is 1. The summed E-state index contributed by atoms with van der Waals surface area (Å²) in [7, 11) is 0. The minimum atomic E-state index is -0.0751. The predicted octanol–water partition coefficient (Wildman–Crippen LogP) is 3.35. The molecule has 1 rings (SSSR count). The second-order valence-electron chi connectivity index (χ2n) is 4.14. The van der Waals surface area contributed by atoms with Gasteiger partial charge >= 0.3 is 0 Å². The van der Waals surface area contributed by atoms with Crippen LogP contribution in [0.25, 0.3) is 0 Å². The van der Waals surface area contributed by atoms with Crippen LogP contribution in [0.1, 0.15) is 48.7 Å². The Morgan fingerprint density at radius 2 is 2.12 bits per heavy atom. The first kappa shape index (κ1) is 14.0. The minimum Gasteiger partial charge on any atom is -0.352 e. The molecule has 1 aromatic heterocycles. The average Bonchev–Trinajstić information content (AvgIpc) is 2.27. The average molecular weight is 255 g/mol. The first-order valence-corrected chi connectivity index (χ1v) is 6.43. The molecule has 0 aromatic carbocycles. The van der Waals surface area contributed by atoms with Crippen LogP contribution in [0.2, 0.25) is 5.15 Å². The van der Waals surface area contributed by atoms with E-state index in [1.165, 1.54) is 12.8 Å². The van der Waals surface area contributed by atoms with Gasteiger partial charge in [-0.25, -0.2) is 4.98 Å². The number of amides is 1. The van der Waals surface area contributed by atoms with Gasteiger partial charge in [0, 0.05) is 17.8 Å². The molecule has 17 heavy (non-hydrogen) atoms. The van der Waals surface area contributed by atoms with Crippen molar-refractivity contribution < 1.29 is 4.79 Å². The van der Waals surface area contributed by atoms with Crippen LogP contribution < -0.4 is 5.32 Å². The smallest absolute Gasteiger partial charge is 0.251 e. The van der Waals surface area contributed by atoms with Crippen LogP contribution in [-0.4, -0.2) is 17.4 Å². The molecule has 0 radical (unpaired) electrons. The Morgan fingerprint density at radius 3 is 2.76 bits per heavy atom. The van der Waals surface area contributed by atoms with Gasteiger partial charge in [0.25, 0.3) is 5.91 Å². The van der Waals surface area contributed by atoms with E-state index in [0.717, 1.165) is 25.1 Å². The summed E-state index contributed by atoms with van der Waals surface area (Å²) in [5.74, 6) is -0.0751. The lowest BCUT2D eigenvalue weighted by Crippen LogP contribution is -2.24. The van der Waals surface area contributed by atoms with Crippen molar-refractivity contribution in [3.05, 3.63) is 28.5 Å². The van der Waals surface area contributed by atoms with Crippen molar-refractivity contribution in [2.24, 2.45) is 0 Å². The van der Waals surface area contributed by atoms with Crippen LogP contribution >= 0.6 is 11.6 Å². The number of aromatic nitrogens is 1. The second kappa shape index (κ2) is 7.28. The molecule has 1 heterocycles. The number of unbranched alkanes of at least 4 members (excludes halogenated alkanes) is 3. The molecule has 1 amide bonds. The highest BCUT2D eigenvalue weighted by atomic mass is 35.5. The number of pyridine rings is 1. The highest BCUT2D eigenvalue weighted by Gasteiger charge is 2.06. The molecule has 0 saturated heterocycles. The molecule has 0 unspecified atom stereocenters. The number of rotatable bonds is 6. The van der Waals surface area contributed by atoms with Crippen LogP contribution in [0.5, 0.6) is 0 Å². The number of nitrogens with one attached hydrogen (secondary N) is 1. The molecule has 0 aliphatic carbocycles. The summed E-state index contributed by atoms with van der Waals surface area (Å²) < 4.78 is 0. The number of halogens is 1. The quantitative estimate of drug-likeness (QED) is 0.625. The zero-order chi connectivity index (χ0) is 12.7. The lowest BCUT2D eigenvalue weighted by molar-refractivity contribution is 0.0952. The van der Waals surface area contributed by atoms with E-state index in [0.29, 0.717) is 10.7 Å². The normalized spacial score (nSPS) is 10.3. The SMILES string of the molecule is CCCCCCNC(=O)c1cc(C)nc(Cl)c1. The van der Waals surface area contributed by atoms with Crippen LogP contribution in [0, 0.1) is 6.92 Å². The molecular weight excluding hydrogens is 236 g/mol. The molecule has 0 spiro atoms. The maximum atomic E-state index is 11.8. The van der Waals surface area contributed by atoms with E-state index in [-0.39, 0.29) is 5.91 Å². The van der Waals surface area contributed by atoms with E-state index in [2.05, 4.69) is 17.2 Å². The van der Waals surface area contributed by atoms with Gasteiger partial charge in [-0.1, -0.05) is 37.8 Å². The Hall–Kier alpha value is -1.09. The Morgan fingerprint density at radius 1 is 1.35 bits per heavy atom. The Balaban J connectivity index is 2.41. The third-order valence-electron chi connectivity index (χ3n) is 2.50.